The van der Waals surface area contributed by atoms with Gasteiger partial charge in [0, 0.05) is 34.1 Å². The number of benzene rings is 1. The standard InChI is InChI=1S/C15H22N2O3/c1-15(18,10-14(19-3)20-4)9-13-16-11-7-5-6-8-12(11)17(13)2/h5-8,14,18H,9-10H2,1-4H3. The number of imidazole rings is 1. The van der Waals surface area contributed by atoms with Gasteiger partial charge in [0.05, 0.1) is 16.6 Å². The third-order valence-electron chi connectivity index (χ3n) is 3.55. The van der Waals surface area contributed by atoms with E-state index in [4.69, 9.17) is 9.47 Å². The van der Waals surface area contributed by atoms with Crippen LogP contribution in [0.4, 0.5) is 0 Å². The van der Waals surface area contributed by atoms with Crippen LogP contribution in [0, 0.1) is 0 Å². The van der Waals surface area contributed by atoms with Crippen LogP contribution < -0.4 is 0 Å². The van der Waals surface area contributed by atoms with E-state index < -0.39 is 11.9 Å². The van der Waals surface area contributed by atoms with Crippen molar-refractivity contribution in [3.63, 3.8) is 0 Å². The van der Waals surface area contributed by atoms with E-state index in [0.29, 0.717) is 12.8 Å². The zero-order chi connectivity index (χ0) is 14.8. The van der Waals surface area contributed by atoms with Crippen LogP contribution in [-0.2, 0) is 22.9 Å². The zero-order valence-corrected chi connectivity index (χ0v) is 12.5. The monoisotopic (exact) mass is 278 g/mol. The maximum atomic E-state index is 10.5. The summed E-state index contributed by atoms with van der Waals surface area (Å²) < 4.78 is 12.3. The summed E-state index contributed by atoms with van der Waals surface area (Å²) in [5, 5.41) is 10.5. The molecule has 1 unspecified atom stereocenters. The van der Waals surface area contributed by atoms with Gasteiger partial charge >= 0.3 is 0 Å². The average Bonchev–Trinajstić information content (AvgIpc) is 2.73. The number of hydrogen-bond donors (Lipinski definition) is 1. The van der Waals surface area contributed by atoms with E-state index in [1.54, 1.807) is 21.1 Å². The first-order valence-corrected chi connectivity index (χ1v) is 6.65. The van der Waals surface area contributed by atoms with Gasteiger partial charge in [-0.2, -0.15) is 0 Å². The van der Waals surface area contributed by atoms with Crippen molar-refractivity contribution in [2.75, 3.05) is 14.2 Å². The number of aromatic nitrogens is 2. The van der Waals surface area contributed by atoms with Gasteiger partial charge in [0.2, 0.25) is 0 Å². The second kappa shape index (κ2) is 5.91. The number of nitrogens with zero attached hydrogens (tertiary/aromatic N) is 2. The highest BCUT2D eigenvalue weighted by Crippen LogP contribution is 2.22. The molecule has 0 aliphatic carbocycles. The zero-order valence-electron chi connectivity index (χ0n) is 12.5. The maximum absolute atomic E-state index is 10.5. The number of hydrogen-bond acceptors (Lipinski definition) is 4. The van der Waals surface area contributed by atoms with Crippen LogP contribution in [0.1, 0.15) is 19.2 Å². The summed E-state index contributed by atoms with van der Waals surface area (Å²) in [5.74, 6) is 0.849. The SMILES string of the molecule is COC(CC(C)(O)Cc1nc2ccccc2n1C)OC. The predicted octanol–water partition coefficient (Wildman–Crippen LogP) is 1.88. The molecule has 0 amide bonds. The lowest BCUT2D eigenvalue weighted by Crippen LogP contribution is -2.34. The molecule has 0 saturated carbocycles. The van der Waals surface area contributed by atoms with E-state index in [2.05, 4.69) is 4.98 Å². The highest BCUT2D eigenvalue weighted by molar-refractivity contribution is 5.75. The van der Waals surface area contributed by atoms with Crippen molar-refractivity contribution in [1.29, 1.82) is 0 Å². The molecule has 0 saturated heterocycles. The van der Waals surface area contributed by atoms with Gasteiger partial charge in [-0.1, -0.05) is 12.1 Å². The summed E-state index contributed by atoms with van der Waals surface area (Å²) in [4.78, 5) is 4.58. The van der Waals surface area contributed by atoms with Gasteiger partial charge in [-0.15, -0.1) is 0 Å². The predicted molar refractivity (Wildman–Crippen MR) is 77.5 cm³/mol. The lowest BCUT2D eigenvalue weighted by molar-refractivity contribution is -0.140. The molecule has 1 heterocycles. The van der Waals surface area contributed by atoms with Gasteiger partial charge in [0.15, 0.2) is 6.29 Å². The molecule has 0 aliphatic heterocycles. The molecule has 1 atom stereocenters. The molecule has 0 spiro atoms. The minimum Gasteiger partial charge on any atom is -0.390 e. The third-order valence-corrected chi connectivity index (χ3v) is 3.55. The van der Waals surface area contributed by atoms with E-state index in [9.17, 15) is 5.11 Å². The average molecular weight is 278 g/mol. The third kappa shape index (κ3) is 3.17. The molecule has 1 aromatic carbocycles. The van der Waals surface area contributed by atoms with Crippen molar-refractivity contribution in [2.24, 2.45) is 7.05 Å². The van der Waals surface area contributed by atoms with Crippen LogP contribution >= 0.6 is 0 Å². The molecule has 0 radical (unpaired) electrons. The quantitative estimate of drug-likeness (QED) is 0.820. The highest BCUT2D eigenvalue weighted by atomic mass is 16.7. The molecule has 2 rings (SSSR count). The second-order valence-corrected chi connectivity index (χ2v) is 5.35. The van der Waals surface area contributed by atoms with Gasteiger partial charge in [-0.05, 0) is 19.1 Å². The Labute approximate surface area is 119 Å². The molecule has 20 heavy (non-hydrogen) atoms. The van der Waals surface area contributed by atoms with Crippen LogP contribution in [0.15, 0.2) is 24.3 Å². The fourth-order valence-electron chi connectivity index (χ4n) is 2.39. The molecule has 0 bridgehead atoms. The fourth-order valence-corrected chi connectivity index (χ4v) is 2.39. The first-order chi connectivity index (χ1) is 9.46. The van der Waals surface area contributed by atoms with Crippen LogP contribution in [0.2, 0.25) is 0 Å². The Bertz CT molecular complexity index is 574. The Kier molecular flexibility index (Phi) is 4.42. The van der Waals surface area contributed by atoms with Crippen LogP contribution in [-0.4, -0.2) is 40.8 Å². The van der Waals surface area contributed by atoms with Crippen molar-refractivity contribution >= 4 is 11.0 Å². The highest BCUT2D eigenvalue weighted by Gasteiger charge is 2.28. The Morgan fingerprint density at radius 1 is 1.30 bits per heavy atom. The normalized spacial score (nSPS) is 14.9. The van der Waals surface area contributed by atoms with Crippen molar-refractivity contribution in [3.8, 4) is 0 Å². The largest absolute Gasteiger partial charge is 0.390 e. The summed E-state index contributed by atoms with van der Waals surface area (Å²) in [7, 11) is 5.10. The summed E-state index contributed by atoms with van der Waals surface area (Å²) in [6.45, 7) is 1.78. The Morgan fingerprint density at radius 3 is 2.55 bits per heavy atom. The number of aliphatic hydroxyl groups is 1. The van der Waals surface area contributed by atoms with Crippen LogP contribution in [0.5, 0.6) is 0 Å². The number of para-hydroxylation sites is 2. The lowest BCUT2D eigenvalue weighted by Gasteiger charge is -2.26. The van der Waals surface area contributed by atoms with E-state index in [-0.39, 0.29) is 0 Å². The first kappa shape index (κ1) is 15.0. The van der Waals surface area contributed by atoms with E-state index in [1.807, 2.05) is 35.9 Å². The molecule has 0 aliphatic rings. The topological polar surface area (TPSA) is 56.5 Å². The van der Waals surface area contributed by atoms with Gasteiger partial charge < -0.3 is 19.1 Å². The minimum absolute atomic E-state index is 0.392. The smallest absolute Gasteiger partial charge is 0.159 e. The van der Waals surface area contributed by atoms with Gasteiger partial charge in [-0.3, -0.25) is 0 Å². The molecular weight excluding hydrogens is 256 g/mol. The Morgan fingerprint density at radius 2 is 1.95 bits per heavy atom. The number of rotatable bonds is 6. The van der Waals surface area contributed by atoms with Crippen molar-refractivity contribution in [1.82, 2.24) is 9.55 Å². The molecule has 110 valence electrons. The van der Waals surface area contributed by atoms with Gasteiger partial charge in [0.25, 0.3) is 0 Å². The number of methoxy groups -OCH3 is 2. The van der Waals surface area contributed by atoms with Gasteiger partial charge in [0.1, 0.15) is 5.82 Å². The lowest BCUT2D eigenvalue weighted by atomic mass is 9.97. The number of ether oxygens (including phenoxy) is 2. The summed E-state index contributed by atoms with van der Waals surface area (Å²) in [6.07, 6.45) is 0.421. The summed E-state index contributed by atoms with van der Waals surface area (Å²) >= 11 is 0. The number of aryl methyl sites for hydroxylation is 1. The summed E-state index contributed by atoms with van der Waals surface area (Å²) in [6, 6.07) is 7.94. The van der Waals surface area contributed by atoms with E-state index >= 15 is 0 Å². The first-order valence-electron chi connectivity index (χ1n) is 6.65. The Hall–Kier alpha value is -1.43. The van der Waals surface area contributed by atoms with Crippen LogP contribution in [0.3, 0.4) is 0 Å². The molecular formula is C15H22N2O3. The molecule has 0 fully saturated rings. The second-order valence-electron chi connectivity index (χ2n) is 5.35. The fraction of sp³-hybridized carbons (Fsp3) is 0.533. The summed E-state index contributed by atoms with van der Waals surface area (Å²) in [5.41, 5.74) is 1.07. The Balaban J connectivity index is 2.20. The van der Waals surface area contributed by atoms with Crippen molar-refractivity contribution in [3.05, 3.63) is 30.1 Å². The maximum Gasteiger partial charge on any atom is 0.159 e. The molecule has 5 heteroatoms. The minimum atomic E-state index is -0.939. The van der Waals surface area contributed by atoms with Crippen LogP contribution in [0.25, 0.3) is 11.0 Å². The van der Waals surface area contributed by atoms with E-state index in [0.717, 1.165) is 16.9 Å². The number of fused-ring (bicyclic) bond motifs is 1. The van der Waals surface area contributed by atoms with Crippen molar-refractivity contribution < 1.29 is 14.6 Å². The van der Waals surface area contributed by atoms with Gasteiger partial charge in [-0.25, -0.2) is 4.98 Å². The van der Waals surface area contributed by atoms with E-state index in [1.165, 1.54) is 0 Å². The molecule has 2 aromatic rings. The van der Waals surface area contributed by atoms with Crippen molar-refractivity contribution in [2.45, 2.75) is 31.7 Å². The molecule has 5 nitrogen and oxygen atoms in total. The molecule has 1 N–H and O–H groups in total. The molecule has 1 aromatic heterocycles.